The van der Waals surface area contributed by atoms with Crippen molar-refractivity contribution < 1.29 is 4.92 Å². The van der Waals surface area contributed by atoms with Gasteiger partial charge in [-0.25, -0.2) is 0 Å². The lowest BCUT2D eigenvalue weighted by molar-refractivity contribution is -0.384. The maximum absolute atomic E-state index is 10.9. The van der Waals surface area contributed by atoms with Gasteiger partial charge in [-0.05, 0) is 61.3 Å². The van der Waals surface area contributed by atoms with Crippen LogP contribution in [-0.2, 0) is 18.3 Å². The smallest absolute Gasteiger partial charge is 0.269 e. The molecule has 1 saturated heterocycles. The number of nitrogens with zero attached hydrogens (tertiary/aromatic N) is 2. The Bertz CT molecular complexity index is 878. The molecule has 1 aliphatic heterocycles. The first kappa shape index (κ1) is 17.9. The summed E-state index contributed by atoms with van der Waals surface area (Å²) in [6.45, 7) is 2.24. The molecule has 5 rings (SSSR count). The fourth-order valence-electron chi connectivity index (χ4n) is 6.39. The van der Waals surface area contributed by atoms with Gasteiger partial charge < -0.3 is 0 Å². The maximum Gasteiger partial charge on any atom is 0.269 e. The molecule has 2 aromatic rings. The lowest BCUT2D eigenvalue weighted by Crippen LogP contribution is -2.61. The van der Waals surface area contributed by atoms with Crippen LogP contribution in [0.15, 0.2) is 48.5 Å². The van der Waals surface area contributed by atoms with Crippen molar-refractivity contribution in [2.24, 2.45) is 5.92 Å². The van der Waals surface area contributed by atoms with Gasteiger partial charge in [0.05, 0.1) is 4.92 Å². The van der Waals surface area contributed by atoms with E-state index in [9.17, 15) is 10.1 Å². The van der Waals surface area contributed by atoms with E-state index in [1.54, 1.807) is 23.3 Å². The van der Waals surface area contributed by atoms with Gasteiger partial charge in [-0.15, -0.1) is 0 Å². The molecule has 0 spiro atoms. The highest BCUT2D eigenvalue weighted by molar-refractivity contribution is 5.41. The van der Waals surface area contributed by atoms with Crippen LogP contribution in [-0.4, -0.2) is 29.0 Å². The van der Waals surface area contributed by atoms with E-state index in [0.29, 0.717) is 11.5 Å². The van der Waals surface area contributed by atoms with Crippen LogP contribution in [0, 0.1) is 16.0 Å². The van der Waals surface area contributed by atoms with Crippen molar-refractivity contribution in [2.75, 3.05) is 13.1 Å². The summed E-state index contributed by atoms with van der Waals surface area (Å²) in [5, 5.41) is 10.9. The van der Waals surface area contributed by atoms with Crippen molar-refractivity contribution in [3.8, 4) is 0 Å². The molecule has 2 bridgehead atoms. The third-order valence-electron chi connectivity index (χ3n) is 7.69. The minimum absolute atomic E-state index is 0.178. The van der Waals surface area contributed by atoms with Crippen LogP contribution < -0.4 is 0 Å². The number of fused-ring (bicyclic) bond motifs is 1. The van der Waals surface area contributed by atoms with Crippen LogP contribution in [0.3, 0.4) is 0 Å². The summed E-state index contributed by atoms with van der Waals surface area (Å²) < 4.78 is 0. The number of piperidine rings is 1. The van der Waals surface area contributed by atoms with Gasteiger partial charge in [0, 0.05) is 30.1 Å². The van der Waals surface area contributed by atoms with E-state index in [1.165, 1.54) is 50.6 Å². The summed E-state index contributed by atoms with van der Waals surface area (Å²) in [4.78, 5) is 13.3. The molecule has 3 atom stereocenters. The SMILES string of the molecule is O=[N+]([O-])c1ccc(CCN2CC[C@]34CCCC[C@H]3[C@H]2Cc2ccccc24)cc1. The predicted molar refractivity (Wildman–Crippen MR) is 111 cm³/mol. The second-order valence-corrected chi connectivity index (χ2v) is 8.90. The summed E-state index contributed by atoms with van der Waals surface area (Å²) in [7, 11) is 0. The number of rotatable bonds is 4. The van der Waals surface area contributed by atoms with Gasteiger partial charge in [0.25, 0.3) is 5.69 Å². The first-order valence-corrected chi connectivity index (χ1v) is 10.7. The van der Waals surface area contributed by atoms with E-state index in [-0.39, 0.29) is 10.6 Å². The Labute approximate surface area is 166 Å². The number of nitro groups is 1. The topological polar surface area (TPSA) is 46.4 Å². The molecule has 2 fully saturated rings. The molecule has 146 valence electrons. The van der Waals surface area contributed by atoms with Crippen LogP contribution in [0.1, 0.15) is 48.8 Å². The average molecular weight is 376 g/mol. The number of non-ortho nitro benzene ring substituents is 1. The third-order valence-corrected chi connectivity index (χ3v) is 7.69. The summed E-state index contributed by atoms with van der Waals surface area (Å²) >= 11 is 0. The van der Waals surface area contributed by atoms with Crippen LogP contribution in [0.4, 0.5) is 5.69 Å². The first-order valence-electron chi connectivity index (χ1n) is 10.7. The molecule has 1 heterocycles. The molecule has 2 aliphatic carbocycles. The molecule has 4 nitrogen and oxygen atoms in total. The molecule has 0 N–H and O–H groups in total. The van der Waals surface area contributed by atoms with Crippen molar-refractivity contribution >= 4 is 5.69 Å². The van der Waals surface area contributed by atoms with Crippen molar-refractivity contribution in [1.82, 2.24) is 4.90 Å². The second-order valence-electron chi connectivity index (χ2n) is 8.90. The van der Waals surface area contributed by atoms with Gasteiger partial charge in [-0.2, -0.15) is 0 Å². The molecule has 4 heteroatoms. The van der Waals surface area contributed by atoms with Gasteiger partial charge in [-0.3, -0.25) is 15.0 Å². The highest BCUT2D eigenvalue weighted by Crippen LogP contribution is 2.55. The van der Waals surface area contributed by atoms with E-state index >= 15 is 0 Å². The normalized spacial score (nSPS) is 29.0. The van der Waals surface area contributed by atoms with Crippen molar-refractivity contribution in [2.45, 2.75) is 56.4 Å². The predicted octanol–water partition coefficient (Wildman–Crippen LogP) is 4.90. The molecular weight excluding hydrogens is 348 g/mol. The molecule has 3 aliphatic rings. The van der Waals surface area contributed by atoms with Crippen molar-refractivity contribution in [3.05, 3.63) is 75.3 Å². The molecule has 28 heavy (non-hydrogen) atoms. The number of nitro benzene ring substituents is 1. The highest BCUT2D eigenvalue weighted by atomic mass is 16.6. The van der Waals surface area contributed by atoms with Crippen LogP contribution in [0.2, 0.25) is 0 Å². The van der Waals surface area contributed by atoms with Crippen LogP contribution in [0.25, 0.3) is 0 Å². The van der Waals surface area contributed by atoms with Gasteiger partial charge >= 0.3 is 0 Å². The molecule has 0 aromatic heterocycles. The molecule has 0 unspecified atom stereocenters. The number of likely N-dealkylation sites (tertiary alicyclic amines) is 1. The summed E-state index contributed by atoms with van der Waals surface area (Å²) in [5.41, 5.74) is 5.03. The fourth-order valence-corrected chi connectivity index (χ4v) is 6.39. The fraction of sp³-hybridized carbons (Fsp3) is 0.500. The molecule has 0 radical (unpaired) electrons. The maximum atomic E-state index is 10.9. The molecule has 0 amide bonds. The van der Waals surface area contributed by atoms with Crippen LogP contribution >= 0.6 is 0 Å². The summed E-state index contributed by atoms with van der Waals surface area (Å²) in [5.74, 6) is 0.793. The lowest BCUT2D eigenvalue weighted by atomic mass is 9.52. The largest absolute Gasteiger partial charge is 0.299 e. The highest BCUT2D eigenvalue weighted by Gasteiger charge is 2.53. The summed E-state index contributed by atoms with van der Waals surface area (Å²) in [6, 6.07) is 17.0. The Kier molecular flexibility index (Phi) is 4.47. The van der Waals surface area contributed by atoms with Gasteiger partial charge in [0.1, 0.15) is 0 Å². The van der Waals surface area contributed by atoms with Gasteiger partial charge in [-0.1, -0.05) is 49.2 Å². The molecule has 1 saturated carbocycles. The van der Waals surface area contributed by atoms with E-state index in [4.69, 9.17) is 0 Å². The quantitative estimate of drug-likeness (QED) is 0.563. The lowest BCUT2D eigenvalue weighted by Gasteiger charge is -2.59. The standard InChI is InChI=1S/C24H28N2O2/c27-26(28)20-10-8-18(9-11-20)12-15-25-16-14-24-13-4-3-7-22(24)23(25)17-19-5-1-2-6-21(19)24/h1-2,5-6,8-11,22-23H,3-4,7,12-17H2/t22-,23+,24-/m0/s1. The molecular formula is C24H28N2O2. The van der Waals surface area contributed by atoms with E-state index < -0.39 is 0 Å². The average Bonchev–Trinajstić information content (AvgIpc) is 2.73. The van der Waals surface area contributed by atoms with Crippen molar-refractivity contribution in [3.63, 3.8) is 0 Å². The monoisotopic (exact) mass is 376 g/mol. The third kappa shape index (κ3) is 2.86. The minimum atomic E-state index is -0.323. The first-order chi connectivity index (χ1) is 13.7. The second kappa shape index (κ2) is 7.00. The Morgan fingerprint density at radius 3 is 2.71 bits per heavy atom. The number of benzene rings is 2. The Morgan fingerprint density at radius 2 is 1.89 bits per heavy atom. The van der Waals surface area contributed by atoms with Crippen molar-refractivity contribution in [1.29, 1.82) is 0 Å². The van der Waals surface area contributed by atoms with E-state index in [0.717, 1.165) is 18.9 Å². The Morgan fingerprint density at radius 1 is 1.07 bits per heavy atom. The van der Waals surface area contributed by atoms with Gasteiger partial charge in [0.2, 0.25) is 0 Å². The molecule has 2 aromatic carbocycles. The Hall–Kier alpha value is -2.20. The van der Waals surface area contributed by atoms with Gasteiger partial charge in [0.15, 0.2) is 0 Å². The number of hydrogen-bond acceptors (Lipinski definition) is 3. The zero-order valence-corrected chi connectivity index (χ0v) is 16.3. The van der Waals surface area contributed by atoms with E-state index in [1.807, 2.05) is 12.1 Å². The Balaban J connectivity index is 1.36. The van der Waals surface area contributed by atoms with E-state index in [2.05, 4.69) is 29.2 Å². The summed E-state index contributed by atoms with van der Waals surface area (Å²) in [6.07, 6.45) is 8.92. The number of hydrogen-bond donors (Lipinski definition) is 0. The zero-order valence-electron chi connectivity index (χ0n) is 16.3. The van der Waals surface area contributed by atoms with Crippen LogP contribution in [0.5, 0.6) is 0 Å². The minimum Gasteiger partial charge on any atom is -0.299 e. The zero-order chi connectivity index (χ0) is 19.1.